The highest BCUT2D eigenvalue weighted by Gasteiger charge is 2.25. The second kappa shape index (κ2) is 7.46. The molecule has 0 heterocycles. The largest absolute Gasteiger partial charge is 0.391 e. The van der Waals surface area contributed by atoms with Gasteiger partial charge in [0.1, 0.15) is 0 Å². The highest BCUT2D eigenvalue weighted by atomic mass is 16.3. The molecule has 116 valence electrons. The highest BCUT2D eigenvalue weighted by Crippen LogP contribution is 2.21. The number of nitrogens with one attached hydrogen (secondary N) is 2. The lowest BCUT2D eigenvalue weighted by Gasteiger charge is -2.28. The SMILES string of the molecule is CCCNc1ccc(C)cc1C(=O)NC1CCCCC1O. The summed E-state index contributed by atoms with van der Waals surface area (Å²) in [5, 5.41) is 16.3. The zero-order valence-electron chi connectivity index (χ0n) is 13.0. The van der Waals surface area contributed by atoms with Crippen molar-refractivity contribution in [1.82, 2.24) is 5.32 Å². The lowest BCUT2D eigenvalue weighted by molar-refractivity contribution is 0.0718. The van der Waals surface area contributed by atoms with Crippen LogP contribution in [0, 0.1) is 6.92 Å². The number of hydrogen-bond acceptors (Lipinski definition) is 3. The van der Waals surface area contributed by atoms with Crippen LogP contribution in [0.1, 0.15) is 54.9 Å². The molecule has 0 aliphatic heterocycles. The maximum absolute atomic E-state index is 12.5. The molecular weight excluding hydrogens is 264 g/mol. The number of carbonyl (C=O) groups is 1. The van der Waals surface area contributed by atoms with E-state index in [2.05, 4.69) is 17.6 Å². The van der Waals surface area contributed by atoms with Crippen LogP contribution < -0.4 is 10.6 Å². The third-order valence-electron chi connectivity index (χ3n) is 4.03. The Bertz CT molecular complexity index is 488. The Morgan fingerprint density at radius 3 is 2.81 bits per heavy atom. The van der Waals surface area contributed by atoms with Gasteiger partial charge in [0.25, 0.3) is 5.91 Å². The molecule has 21 heavy (non-hydrogen) atoms. The fourth-order valence-electron chi connectivity index (χ4n) is 2.79. The Kier molecular flexibility index (Phi) is 5.62. The molecule has 4 heteroatoms. The van der Waals surface area contributed by atoms with Crippen LogP contribution in [0.2, 0.25) is 0 Å². The Morgan fingerprint density at radius 2 is 2.10 bits per heavy atom. The van der Waals surface area contributed by atoms with Crippen LogP contribution in [0.4, 0.5) is 5.69 Å². The molecule has 4 nitrogen and oxygen atoms in total. The first-order valence-corrected chi connectivity index (χ1v) is 7.95. The zero-order chi connectivity index (χ0) is 15.2. The Morgan fingerprint density at radius 1 is 1.33 bits per heavy atom. The standard InChI is InChI=1S/C17H26N2O2/c1-3-10-18-14-9-8-12(2)11-13(14)17(21)19-15-6-4-5-7-16(15)20/h8-9,11,15-16,18,20H,3-7,10H2,1-2H3,(H,19,21). The molecule has 3 N–H and O–H groups in total. The molecule has 1 aromatic carbocycles. The van der Waals surface area contributed by atoms with E-state index in [1.807, 2.05) is 25.1 Å². The second-order valence-corrected chi connectivity index (χ2v) is 5.91. The van der Waals surface area contributed by atoms with Crippen LogP contribution in [0.3, 0.4) is 0 Å². The molecule has 1 fully saturated rings. The number of hydrogen-bond donors (Lipinski definition) is 3. The van der Waals surface area contributed by atoms with Crippen molar-refractivity contribution in [2.45, 2.75) is 58.1 Å². The topological polar surface area (TPSA) is 61.4 Å². The molecule has 2 atom stereocenters. The average Bonchev–Trinajstić information content (AvgIpc) is 2.48. The van der Waals surface area contributed by atoms with Gasteiger partial charge in [0, 0.05) is 12.2 Å². The van der Waals surface area contributed by atoms with Crippen molar-refractivity contribution in [3.05, 3.63) is 29.3 Å². The van der Waals surface area contributed by atoms with Crippen LogP contribution in [-0.4, -0.2) is 29.7 Å². The summed E-state index contributed by atoms with van der Waals surface area (Å²) in [7, 11) is 0. The minimum absolute atomic E-state index is 0.0942. The lowest BCUT2D eigenvalue weighted by atomic mass is 9.92. The predicted molar refractivity (Wildman–Crippen MR) is 85.7 cm³/mol. The van der Waals surface area contributed by atoms with Crippen molar-refractivity contribution in [3.8, 4) is 0 Å². The first-order valence-electron chi connectivity index (χ1n) is 7.95. The van der Waals surface area contributed by atoms with E-state index >= 15 is 0 Å². The molecule has 0 aromatic heterocycles. The zero-order valence-corrected chi connectivity index (χ0v) is 13.0. The summed E-state index contributed by atoms with van der Waals surface area (Å²) < 4.78 is 0. The van der Waals surface area contributed by atoms with Gasteiger partial charge in [0.05, 0.1) is 17.7 Å². The normalized spacial score (nSPS) is 21.9. The molecule has 1 aromatic rings. The van der Waals surface area contributed by atoms with Gasteiger partial charge in [0.15, 0.2) is 0 Å². The molecule has 0 bridgehead atoms. The maximum Gasteiger partial charge on any atom is 0.253 e. The first-order chi connectivity index (χ1) is 10.1. The highest BCUT2D eigenvalue weighted by molar-refractivity contribution is 6.00. The van der Waals surface area contributed by atoms with Crippen molar-refractivity contribution in [1.29, 1.82) is 0 Å². The summed E-state index contributed by atoms with van der Waals surface area (Å²) in [4.78, 5) is 12.5. The minimum Gasteiger partial charge on any atom is -0.391 e. The van der Waals surface area contributed by atoms with Crippen molar-refractivity contribution in [3.63, 3.8) is 0 Å². The molecule has 1 aliphatic carbocycles. The molecule has 0 spiro atoms. The smallest absolute Gasteiger partial charge is 0.253 e. The van der Waals surface area contributed by atoms with Crippen LogP contribution in [-0.2, 0) is 0 Å². The molecule has 1 aliphatic rings. The van der Waals surface area contributed by atoms with Gasteiger partial charge >= 0.3 is 0 Å². The van der Waals surface area contributed by atoms with Gasteiger partial charge in [0.2, 0.25) is 0 Å². The second-order valence-electron chi connectivity index (χ2n) is 5.91. The minimum atomic E-state index is -0.417. The predicted octanol–water partition coefficient (Wildman–Crippen LogP) is 2.85. The summed E-state index contributed by atoms with van der Waals surface area (Å²) in [6.45, 7) is 4.92. The summed E-state index contributed by atoms with van der Waals surface area (Å²) in [6, 6.07) is 5.75. The maximum atomic E-state index is 12.5. The monoisotopic (exact) mass is 290 g/mol. The summed E-state index contributed by atoms with van der Waals surface area (Å²) in [5.41, 5.74) is 2.60. The molecule has 2 unspecified atom stereocenters. The van der Waals surface area contributed by atoms with Crippen molar-refractivity contribution in [2.24, 2.45) is 0 Å². The average molecular weight is 290 g/mol. The van der Waals surface area contributed by atoms with Crippen LogP contribution in [0.25, 0.3) is 0 Å². The number of carbonyl (C=O) groups excluding carboxylic acids is 1. The van der Waals surface area contributed by atoms with Gasteiger partial charge in [-0.2, -0.15) is 0 Å². The van der Waals surface area contributed by atoms with Gasteiger partial charge in [-0.25, -0.2) is 0 Å². The van der Waals surface area contributed by atoms with Crippen LogP contribution >= 0.6 is 0 Å². The summed E-state index contributed by atoms with van der Waals surface area (Å²) in [5.74, 6) is -0.0942. The number of aliphatic hydroxyl groups excluding tert-OH is 1. The summed E-state index contributed by atoms with van der Waals surface area (Å²) in [6.07, 6.45) is 4.34. The third kappa shape index (κ3) is 4.21. The van der Waals surface area contributed by atoms with Gasteiger partial charge in [-0.15, -0.1) is 0 Å². The van der Waals surface area contributed by atoms with Gasteiger partial charge in [-0.3, -0.25) is 4.79 Å². The molecular formula is C17H26N2O2. The van der Waals surface area contributed by atoms with Crippen molar-refractivity contribution < 1.29 is 9.90 Å². The van der Waals surface area contributed by atoms with Crippen molar-refractivity contribution >= 4 is 11.6 Å². The lowest BCUT2D eigenvalue weighted by Crippen LogP contribution is -2.45. The number of aliphatic hydroxyl groups is 1. The van der Waals surface area contributed by atoms with E-state index in [0.717, 1.165) is 49.9 Å². The molecule has 1 saturated carbocycles. The van der Waals surface area contributed by atoms with E-state index in [1.165, 1.54) is 0 Å². The van der Waals surface area contributed by atoms with E-state index < -0.39 is 6.10 Å². The fourth-order valence-corrected chi connectivity index (χ4v) is 2.79. The molecule has 0 saturated heterocycles. The quantitative estimate of drug-likeness (QED) is 0.781. The number of rotatable bonds is 5. The Labute approximate surface area is 126 Å². The van der Waals surface area contributed by atoms with Crippen LogP contribution in [0.15, 0.2) is 18.2 Å². The Balaban J connectivity index is 2.11. The summed E-state index contributed by atoms with van der Waals surface area (Å²) >= 11 is 0. The first kappa shape index (κ1) is 15.8. The number of benzene rings is 1. The molecule has 2 rings (SSSR count). The fraction of sp³-hybridized carbons (Fsp3) is 0.588. The van der Waals surface area contributed by atoms with E-state index in [4.69, 9.17) is 0 Å². The van der Waals surface area contributed by atoms with Gasteiger partial charge in [-0.05, 0) is 38.3 Å². The Hall–Kier alpha value is -1.55. The third-order valence-corrected chi connectivity index (χ3v) is 4.03. The number of aryl methyl sites for hydroxylation is 1. The molecule has 1 amide bonds. The number of amides is 1. The van der Waals surface area contributed by atoms with Gasteiger partial charge < -0.3 is 15.7 Å². The van der Waals surface area contributed by atoms with E-state index in [9.17, 15) is 9.90 Å². The van der Waals surface area contributed by atoms with E-state index in [0.29, 0.717) is 5.56 Å². The molecule has 0 radical (unpaired) electrons. The van der Waals surface area contributed by atoms with Crippen molar-refractivity contribution in [2.75, 3.05) is 11.9 Å². The van der Waals surface area contributed by atoms with Gasteiger partial charge in [-0.1, -0.05) is 31.4 Å². The van der Waals surface area contributed by atoms with E-state index in [-0.39, 0.29) is 11.9 Å². The number of anilines is 1. The van der Waals surface area contributed by atoms with Crippen LogP contribution in [0.5, 0.6) is 0 Å². The van der Waals surface area contributed by atoms with E-state index in [1.54, 1.807) is 0 Å².